The topological polar surface area (TPSA) is 88.9 Å². The van der Waals surface area contributed by atoms with Crippen molar-refractivity contribution < 1.29 is 9.59 Å². The Morgan fingerprint density at radius 3 is 2.20 bits per heavy atom. The van der Waals surface area contributed by atoms with Gasteiger partial charge in [0.1, 0.15) is 6.54 Å². The Balaban J connectivity index is 1.73. The fourth-order valence-corrected chi connectivity index (χ4v) is 3.47. The predicted molar refractivity (Wildman–Crippen MR) is 118 cm³/mol. The molecular weight excluding hydrogens is 378 g/mol. The fourth-order valence-electron chi connectivity index (χ4n) is 3.47. The van der Waals surface area contributed by atoms with Gasteiger partial charge in [-0.15, -0.1) is 5.10 Å². The van der Waals surface area contributed by atoms with Crippen molar-refractivity contribution in [2.24, 2.45) is 0 Å². The van der Waals surface area contributed by atoms with Crippen LogP contribution in [0.25, 0.3) is 0 Å². The average molecular weight is 406 g/mol. The van der Waals surface area contributed by atoms with Gasteiger partial charge in [-0.25, -0.2) is 4.68 Å². The number of benzene rings is 2. The second kappa shape index (κ2) is 8.49. The predicted octanol–water partition coefficient (Wildman–Crippen LogP) is 4.02. The number of nitrogens with one attached hydrogen (secondary N) is 2. The van der Waals surface area contributed by atoms with Crippen molar-refractivity contribution in [3.05, 3.63) is 69.5 Å². The minimum Gasteiger partial charge on any atom is -0.324 e. The first-order valence-corrected chi connectivity index (χ1v) is 9.82. The summed E-state index contributed by atoms with van der Waals surface area (Å²) in [6, 6.07) is 9.92. The quantitative estimate of drug-likeness (QED) is 0.671. The molecule has 2 N–H and O–H groups in total. The number of carbonyl (C=O) groups excluding carboxylic acids is 2. The number of carbonyl (C=O) groups is 2. The van der Waals surface area contributed by atoms with Gasteiger partial charge in [-0.2, -0.15) is 0 Å². The molecule has 156 valence electrons. The first kappa shape index (κ1) is 21.2. The van der Waals surface area contributed by atoms with Crippen LogP contribution in [0.3, 0.4) is 0 Å². The highest BCUT2D eigenvalue weighted by molar-refractivity contribution is 6.04. The number of hydrogen-bond donors (Lipinski definition) is 2. The van der Waals surface area contributed by atoms with E-state index in [4.69, 9.17) is 0 Å². The third-order valence-electron chi connectivity index (χ3n) is 5.07. The second-order valence-electron chi connectivity index (χ2n) is 7.78. The summed E-state index contributed by atoms with van der Waals surface area (Å²) in [4.78, 5) is 25.3. The van der Waals surface area contributed by atoms with Crippen molar-refractivity contribution in [1.82, 2.24) is 15.0 Å². The molecule has 0 unspecified atom stereocenters. The van der Waals surface area contributed by atoms with Gasteiger partial charge in [-0.3, -0.25) is 9.59 Å². The molecule has 0 saturated carbocycles. The van der Waals surface area contributed by atoms with Crippen LogP contribution < -0.4 is 10.6 Å². The van der Waals surface area contributed by atoms with Crippen molar-refractivity contribution >= 4 is 23.2 Å². The summed E-state index contributed by atoms with van der Waals surface area (Å²) in [6.07, 6.45) is 0. The van der Waals surface area contributed by atoms with Gasteiger partial charge in [0.05, 0.1) is 5.69 Å². The van der Waals surface area contributed by atoms with Gasteiger partial charge in [0.25, 0.3) is 5.91 Å². The van der Waals surface area contributed by atoms with Crippen molar-refractivity contribution in [2.75, 3.05) is 10.6 Å². The van der Waals surface area contributed by atoms with Gasteiger partial charge < -0.3 is 10.6 Å². The minimum atomic E-state index is -0.344. The number of amides is 2. The van der Waals surface area contributed by atoms with Crippen LogP contribution in [0.5, 0.6) is 0 Å². The van der Waals surface area contributed by atoms with E-state index >= 15 is 0 Å². The molecular formula is C23H27N5O2. The molecule has 0 spiro atoms. The molecule has 1 aromatic heterocycles. The number of hydrogen-bond acceptors (Lipinski definition) is 4. The number of anilines is 2. The second-order valence-corrected chi connectivity index (χ2v) is 7.78. The number of nitrogens with zero attached hydrogens (tertiary/aromatic N) is 3. The smallest absolute Gasteiger partial charge is 0.278 e. The molecule has 0 fully saturated rings. The van der Waals surface area contributed by atoms with Crippen LogP contribution in [-0.4, -0.2) is 26.8 Å². The van der Waals surface area contributed by atoms with E-state index in [0.29, 0.717) is 5.69 Å². The van der Waals surface area contributed by atoms with E-state index in [1.54, 1.807) is 6.92 Å². The normalized spacial score (nSPS) is 10.7. The van der Waals surface area contributed by atoms with Crippen LogP contribution >= 0.6 is 0 Å². The monoisotopic (exact) mass is 405 g/mol. The summed E-state index contributed by atoms with van der Waals surface area (Å²) in [6.45, 7) is 11.5. The lowest BCUT2D eigenvalue weighted by Gasteiger charge is -2.12. The van der Waals surface area contributed by atoms with E-state index in [1.807, 2.05) is 65.0 Å². The lowest BCUT2D eigenvalue weighted by atomic mass is 10.0. The summed E-state index contributed by atoms with van der Waals surface area (Å²) in [5.74, 6) is -0.572. The van der Waals surface area contributed by atoms with E-state index < -0.39 is 0 Å². The van der Waals surface area contributed by atoms with Gasteiger partial charge in [-0.05, 0) is 69.9 Å². The highest BCUT2D eigenvalue weighted by atomic mass is 16.2. The summed E-state index contributed by atoms with van der Waals surface area (Å²) in [5.41, 5.74) is 7.42. The maximum absolute atomic E-state index is 12.8. The molecule has 0 bridgehead atoms. The van der Waals surface area contributed by atoms with Gasteiger partial charge in [0, 0.05) is 11.4 Å². The molecule has 0 radical (unpaired) electrons. The highest BCUT2D eigenvalue weighted by Gasteiger charge is 2.19. The fraction of sp³-hybridized carbons (Fsp3) is 0.304. The molecule has 0 saturated heterocycles. The molecule has 2 aromatic carbocycles. The van der Waals surface area contributed by atoms with Crippen LogP contribution in [0.4, 0.5) is 11.4 Å². The zero-order valence-electron chi connectivity index (χ0n) is 18.3. The molecule has 30 heavy (non-hydrogen) atoms. The maximum atomic E-state index is 12.8. The molecule has 0 atom stereocenters. The Morgan fingerprint density at radius 1 is 0.867 bits per heavy atom. The maximum Gasteiger partial charge on any atom is 0.278 e. The number of aryl methyl sites for hydroxylation is 5. The van der Waals surface area contributed by atoms with E-state index in [2.05, 4.69) is 20.9 Å². The van der Waals surface area contributed by atoms with Crippen LogP contribution in [0.15, 0.2) is 30.3 Å². The summed E-state index contributed by atoms with van der Waals surface area (Å²) in [5, 5.41) is 13.8. The van der Waals surface area contributed by atoms with Gasteiger partial charge in [0.2, 0.25) is 5.91 Å². The van der Waals surface area contributed by atoms with Gasteiger partial charge >= 0.3 is 0 Å². The van der Waals surface area contributed by atoms with E-state index in [9.17, 15) is 9.59 Å². The Bertz CT molecular complexity index is 1110. The Kier molecular flexibility index (Phi) is 6.01. The van der Waals surface area contributed by atoms with Crippen molar-refractivity contribution in [2.45, 2.75) is 48.1 Å². The molecule has 0 aliphatic heterocycles. The molecule has 7 nitrogen and oxygen atoms in total. The first-order valence-electron chi connectivity index (χ1n) is 9.82. The van der Waals surface area contributed by atoms with Crippen LogP contribution in [0.2, 0.25) is 0 Å². The molecule has 0 aliphatic rings. The van der Waals surface area contributed by atoms with E-state index in [1.165, 1.54) is 4.68 Å². The minimum absolute atomic E-state index is 0.0257. The van der Waals surface area contributed by atoms with Crippen molar-refractivity contribution in [1.29, 1.82) is 0 Å². The largest absolute Gasteiger partial charge is 0.324 e. The molecule has 1 heterocycles. The molecule has 3 aromatic rings. The van der Waals surface area contributed by atoms with Crippen LogP contribution in [0.1, 0.15) is 44.0 Å². The zero-order valence-corrected chi connectivity index (χ0v) is 18.3. The average Bonchev–Trinajstić information content (AvgIpc) is 3.01. The number of aromatic nitrogens is 3. The van der Waals surface area contributed by atoms with Crippen molar-refractivity contribution in [3.63, 3.8) is 0 Å². The Labute approximate surface area is 176 Å². The zero-order chi connectivity index (χ0) is 22.0. The highest BCUT2D eigenvalue weighted by Crippen LogP contribution is 2.23. The Morgan fingerprint density at radius 2 is 1.53 bits per heavy atom. The standard InChI is InChI=1S/C23H27N5O2/c1-13-7-8-15(3)19(11-13)24-20(29)12-28-18(6)22(26-27-28)23(30)25-21-16(4)9-14(2)10-17(21)5/h7-11H,12H2,1-6H3,(H,24,29)(H,25,30). The van der Waals surface area contributed by atoms with E-state index in [-0.39, 0.29) is 24.1 Å². The molecule has 3 rings (SSSR count). The van der Waals surface area contributed by atoms with Crippen molar-refractivity contribution in [3.8, 4) is 0 Å². The third-order valence-corrected chi connectivity index (χ3v) is 5.07. The molecule has 7 heteroatoms. The van der Waals surface area contributed by atoms with Crippen LogP contribution in [-0.2, 0) is 11.3 Å². The number of rotatable bonds is 5. The van der Waals surface area contributed by atoms with E-state index in [0.717, 1.165) is 39.2 Å². The SMILES string of the molecule is Cc1cc(C)c(NC(=O)c2nnn(CC(=O)Nc3cc(C)ccc3C)c2C)c(C)c1. The third kappa shape index (κ3) is 4.56. The van der Waals surface area contributed by atoms with Crippen LogP contribution in [0, 0.1) is 41.5 Å². The lowest BCUT2D eigenvalue weighted by molar-refractivity contribution is -0.117. The van der Waals surface area contributed by atoms with Gasteiger partial charge in [-0.1, -0.05) is 35.0 Å². The van der Waals surface area contributed by atoms with Gasteiger partial charge in [0.15, 0.2) is 5.69 Å². The lowest BCUT2D eigenvalue weighted by Crippen LogP contribution is -2.21. The summed E-state index contributed by atoms with van der Waals surface area (Å²) >= 11 is 0. The first-order chi connectivity index (χ1) is 14.2. The molecule has 2 amide bonds. The molecule has 0 aliphatic carbocycles. The summed E-state index contributed by atoms with van der Waals surface area (Å²) in [7, 11) is 0. The Hall–Kier alpha value is -3.48. The summed E-state index contributed by atoms with van der Waals surface area (Å²) < 4.78 is 1.43.